The molecule has 1 amide bonds. The highest BCUT2D eigenvalue weighted by Crippen LogP contribution is 2.33. The van der Waals surface area contributed by atoms with E-state index in [4.69, 9.17) is 14.7 Å². The van der Waals surface area contributed by atoms with E-state index in [1.165, 1.54) is 43.6 Å². The second-order valence-corrected chi connectivity index (χ2v) is 7.53. The molecule has 180 valence electrons. The molecule has 0 saturated carbocycles. The van der Waals surface area contributed by atoms with Crippen LogP contribution in [0.2, 0.25) is 0 Å². The molecule has 0 radical (unpaired) electrons. The van der Waals surface area contributed by atoms with Crippen LogP contribution in [-0.4, -0.2) is 63.3 Å². The Labute approximate surface area is 199 Å². The Hall–Kier alpha value is -4.45. The average Bonchev–Trinajstić information content (AvgIpc) is 2.88. The molecule has 12 heteroatoms. The lowest BCUT2D eigenvalue weighted by atomic mass is 10.0. The van der Waals surface area contributed by atoms with Crippen LogP contribution in [0.5, 0.6) is 11.6 Å². The minimum atomic E-state index is -0.696. The first-order valence-electron chi connectivity index (χ1n) is 10.5. The molecule has 0 fully saturated rings. The summed E-state index contributed by atoms with van der Waals surface area (Å²) in [5.74, 6) is -0.472. The van der Waals surface area contributed by atoms with Gasteiger partial charge in [-0.15, -0.1) is 0 Å². The third-order valence-electron chi connectivity index (χ3n) is 5.26. The van der Waals surface area contributed by atoms with Crippen LogP contribution in [0.3, 0.4) is 0 Å². The fourth-order valence-electron chi connectivity index (χ4n) is 3.36. The normalized spacial score (nSPS) is 10.8. The summed E-state index contributed by atoms with van der Waals surface area (Å²) in [6, 6.07) is 4.99. The summed E-state index contributed by atoms with van der Waals surface area (Å²) < 4.78 is 25.2. The average molecular weight is 479 g/mol. The zero-order valence-corrected chi connectivity index (χ0v) is 19.2. The maximum Gasteiger partial charge on any atom is 0.277 e. The molecule has 3 aromatic heterocycles. The van der Waals surface area contributed by atoms with E-state index >= 15 is 0 Å². The smallest absolute Gasteiger partial charge is 0.277 e. The number of aryl methyl sites for hydroxylation is 1. The van der Waals surface area contributed by atoms with Crippen molar-refractivity contribution in [3.63, 3.8) is 0 Å². The van der Waals surface area contributed by atoms with Crippen molar-refractivity contribution in [2.45, 2.75) is 6.92 Å². The van der Waals surface area contributed by atoms with Crippen molar-refractivity contribution in [1.29, 1.82) is 0 Å². The van der Waals surface area contributed by atoms with Crippen molar-refractivity contribution in [1.82, 2.24) is 30.4 Å². The van der Waals surface area contributed by atoms with Crippen LogP contribution >= 0.6 is 0 Å². The van der Waals surface area contributed by atoms with E-state index in [9.17, 15) is 9.18 Å². The fraction of sp³-hybridized carbons (Fsp3) is 0.217. The molecular formula is C23H22FN7O4. The van der Waals surface area contributed by atoms with Gasteiger partial charge in [-0.1, -0.05) is 0 Å². The van der Waals surface area contributed by atoms with Crippen LogP contribution < -0.4 is 19.9 Å². The quantitative estimate of drug-likeness (QED) is 0.287. The van der Waals surface area contributed by atoms with Gasteiger partial charge in [0.15, 0.2) is 5.82 Å². The number of nitrogens with zero attached hydrogens (tertiary/aromatic N) is 6. The first-order chi connectivity index (χ1) is 16.9. The molecule has 0 aliphatic carbocycles. The van der Waals surface area contributed by atoms with Crippen molar-refractivity contribution in [2.75, 3.05) is 32.2 Å². The predicted octanol–water partition coefficient (Wildman–Crippen LogP) is 2.57. The number of hydrogen-bond acceptors (Lipinski definition) is 10. The van der Waals surface area contributed by atoms with Gasteiger partial charge < -0.3 is 14.4 Å². The molecule has 0 spiro atoms. The highest BCUT2D eigenvalue weighted by atomic mass is 19.1. The van der Waals surface area contributed by atoms with Crippen LogP contribution in [0.1, 0.15) is 16.1 Å². The summed E-state index contributed by atoms with van der Waals surface area (Å²) >= 11 is 0. The second-order valence-electron chi connectivity index (χ2n) is 7.53. The zero-order valence-electron chi connectivity index (χ0n) is 19.2. The maximum absolute atomic E-state index is 14.3. The largest absolute Gasteiger partial charge is 0.489 e. The van der Waals surface area contributed by atoms with E-state index < -0.39 is 11.7 Å². The summed E-state index contributed by atoms with van der Waals surface area (Å²) in [5, 5.41) is 9.46. The van der Waals surface area contributed by atoms with Crippen molar-refractivity contribution >= 4 is 22.8 Å². The summed E-state index contributed by atoms with van der Waals surface area (Å²) in [6.07, 6.45) is 5.61. The van der Waals surface area contributed by atoms with Gasteiger partial charge >= 0.3 is 0 Å². The number of likely N-dealkylation sites (N-methyl/N-ethyl adjacent to an activating group) is 1. The van der Waals surface area contributed by atoms with E-state index in [2.05, 4.69) is 24.9 Å². The number of hydrogen-bond donors (Lipinski definition) is 2. The number of ether oxygens (including phenoxy) is 2. The number of benzene rings is 1. The van der Waals surface area contributed by atoms with Gasteiger partial charge in [0.25, 0.3) is 5.91 Å². The molecule has 0 atom stereocenters. The Morgan fingerprint density at radius 2 is 1.86 bits per heavy atom. The van der Waals surface area contributed by atoms with Crippen molar-refractivity contribution in [3.8, 4) is 22.8 Å². The van der Waals surface area contributed by atoms with Gasteiger partial charge in [-0.05, 0) is 30.7 Å². The number of hydroxylamine groups is 1. The van der Waals surface area contributed by atoms with Crippen LogP contribution in [0.4, 0.5) is 10.3 Å². The number of pyridine rings is 1. The first kappa shape index (κ1) is 23.7. The van der Waals surface area contributed by atoms with Crippen molar-refractivity contribution < 1.29 is 23.9 Å². The minimum absolute atomic E-state index is 0.0826. The summed E-state index contributed by atoms with van der Waals surface area (Å²) in [7, 11) is 3.13. The molecule has 0 unspecified atom stereocenters. The number of fused-ring (bicyclic) bond motifs is 1. The number of anilines is 1. The Kier molecular flexibility index (Phi) is 6.92. The van der Waals surface area contributed by atoms with E-state index in [0.717, 1.165) is 11.1 Å². The monoisotopic (exact) mass is 479 g/mol. The standard InChI is InChI=1S/C23H22FN7O4/c1-13-17-6-14(15-7-18(24)22(34-3)25-9-15)8-19(20(17)29-12-28-13)35-5-4-31(2)23-26-10-16(11-27-23)21(32)30-33/h6-12,33H,4-5H2,1-3H3,(H,30,32). The van der Waals surface area contributed by atoms with Crippen molar-refractivity contribution in [2.24, 2.45) is 0 Å². The number of aromatic nitrogens is 5. The van der Waals surface area contributed by atoms with Gasteiger partial charge in [0.05, 0.1) is 19.2 Å². The lowest BCUT2D eigenvalue weighted by molar-refractivity contribution is 0.0705. The number of carbonyl (C=O) groups excluding carboxylic acids is 1. The number of nitrogens with one attached hydrogen (secondary N) is 1. The molecule has 35 heavy (non-hydrogen) atoms. The number of carbonyl (C=O) groups is 1. The molecular weight excluding hydrogens is 457 g/mol. The van der Waals surface area contributed by atoms with Crippen LogP contribution in [0.15, 0.2) is 43.1 Å². The van der Waals surface area contributed by atoms with Crippen LogP contribution in [0.25, 0.3) is 22.0 Å². The third-order valence-corrected chi connectivity index (χ3v) is 5.26. The van der Waals surface area contributed by atoms with Gasteiger partial charge in [-0.2, -0.15) is 0 Å². The maximum atomic E-state index is 14.3. The minimum Gasteiger partial charge on any atom is -0.489 e. The summed E-state index contributed by atoms with van der Waals surface area (Å²) in [5.41, 5.74) is 4.28. The summed E-state index contributed by atoms with van der Waals surface area (Å²) in [4.78, 5) is 34.1. The van der Waals surface area contributed by atoms with Crippen LogP contribution in [-0.2, 0) is 0 Å². The van der Waals surface area contributed by atoms with Crippen LogP contribution in [0, 0.1) is 12.7 Å². The number of methoxy groups -OCH3 is 1. The Balaban J connectivity index is 1.56. The van der Waals surface area contributed by atoms with Gasteiger partial charge in [0, 0.05) is 42.3 Å². The SMILES string of the molecule is COc1ncc(-c2cc(OCCN(C)c3ncc(C(=O)NO)cn3)c3ncnc(C)c3c2)cc1F. The molecule has 0 saturated heterocycles. The van der Waals surface area contributed by atoms with E-state index in [1.807, 2.05) is 13.0 Å². The van der Waals surface area contributed by atoms with E-state index in [1.54, 1.807) is 18.0 Å². The van der Waals surface area contributed by atoms with Gasteiger partial charge in [0.2, 0.25) is 11.8 Å². The summed E-state index contributed by atoms with van der Waals surface area (Å²) in [6.45, 7) is 2.53. The topological polar surface area (TPSA) is 135 Å². The van der Waals surface area contributed by atoms with Gasteiger partial charge in [-0.3, -0.25) is 10.0 Å². The van der Waals surface area contributed by atoms with Crippen molar-refractivity contribution in [3.05, 3.63) is 60.2 Å². The molecule has 0 bridgehead atoms. The number of amides is 1. The molecule has 0 aliphatic heterocycles. The number of halogens is 1. The molecule has 4 aromatic rings. The third kappa shape index (κ3) is 5.06. The fourth-order valence-corrected chi connectivity index (χ4v) is 3.36. The molecule has 3 heterocycles. The Morgan fingerprint density at radius 1 is 1.09 bits per heavy atom. The second kappa shape index (κ2) is 10.2. The molecule has 11 nitrogen and oxygen atoms in total. The highest BCUT2D eigenvalue weighted by Gasteiger charge is 2.14. The van der Waals surface area contributed by atoms with Gasteiger partial charge in [0.1, 0.15) is 24.2 Å². The highest BCUT2D eigenvalue weighted by molar-refractivity contribution is 5.93. The molecule has 0 aliphatic rings. The number of rotatable bonds is 8. The molecule has 4 rings (SSSR count). The lowest BCUT2D eigenvalue weighted by Crippen LogP contribution is -2.26. The van der Waals surface area contributed by atoms with Gasteiger partial charge in [-0.25, -0.2) is 34.8 Å². The Bertz CT molecular complexity index is 1370. The predicted molar refractivity (Wildman–Crippen MR) is 124 cm³/mol. The van der Waals surface area contributed by atoms with E-state index in [0.29, 0.717) is 34.9 Å². The molecule has 2 N–H and O–H groups in total. The first-order valence-corrected chi connectivity index (χ1v) is 10.5. The lowest BCUT2D eigenvalue weighted by Gasteiger charge is -2.18. The Morgan fingerprint density at radius 3 is 2.54 bits per heavy atom. The van der Waals surface area contributed by atoms with E-state index in [-0.39, 0.29) is 18.1 Å². The molecule has 1 aromatic carbocycles. The zero-order chi connectivity index (χ0) is 24.9.